The van der Waals surface area contributed by atoms with Gasteiger partial charge in [-0.25, -0.2) is 9.18 Å². The van der Waals surface area contributed by atoms with Gasteiger partial charge in [0.15, 0.2) is 0 Å². The van der Waals surface area contributed by atoms with Gasteiger partial charge in [0.05, 0.1) is 0 Å². The Morgan fingerprint density at radius 3 is 2.48 bits per heavy atom. The Hall–Kier alpha value is -2.11. The molecule has 0 radical (unpaired) electrons. The van der Waals surface area contributed by atoms with Crippen molar-refractivity contribution in [2.45, 2.75) is 70.9 Å². The SMILES string of the molecule is CC(C)(C)OC(=O)N1CCCCC1C(=O)N1CCC[C@@H](Cc2ccc(F)cc2)C1. The molecule has 160 valence electrons. The number of amides is 2. The summed E-state index contributed by atoms with van der Waals surface area (Å²) in [6, 6.07) is 6.19. The van der Waals surface area contributed by atoms with Crippen LogP contribution in [0.1, 0.15) is 58.4 Å². The van der Waals surface area contributed by atoms with E-state index in [1.165, 1.54) is 12.1 Å². The van der Waals surface area contributed by atoms with E-state index in [9.17, 15) is 14.0 Å². The fraction of sp³-hybridized carbons (Fsp3) is 0.652. The Labute approximate surface area is 173 Å². The number of carbonyl (C=O) groups is 2. The summed E-state index contributed by atoms with van der Waals surface area (Å²) in [7, 11) is 0. The number of piperidine rings is 2. The van der Waals surface area contributed by atoms with Crippen LogP contribution in [0, 0.1) is 11.7 Å². The number of halogens is 1. The number of nitrogens with zero attached hydrogens (tertiary/aromatic N) is 2. The standard InChI is InChI=1S/C23H33FN2O3/c1-23(2,3)29-22(28)26-14-5-4-8-20(26)21(27)25-13-6-7-18(16-25)15-17-9-11-19(24)12-10-17/h9-12,18,20H,4-8,13-16H2,1-3H3/t18-,20?/m0/s1. The minimum atomic E-state index is -0.576. The van der Waals surface area contributed by atoms with Crippen LogP contribution in [0.3, 0.4) is 0 Å². The van der Waals surface area contributed by atoms with E-state index >= 15 is 0 Å². The molecule has 5 nitrogen and oxygen atoms in total. The number of ether oxygens (including phenoxy) is 1. The van der Waals surface area contributed by atoms with Crippen molar-refractivity contribution in [3.05, 3.63) is 35.6 Å². The predicted molar refractivity (Wildman–Crippen MR) is 110 cm³/mol. The van der Waals surface area contributed by atoms with Crippen LogP contribution >= 0.6 is 0 Å². The minimum Gasteiger partial charge on any atom is -0.444 e. The first kappa shape index (κ1) is 21.6. The van der Waals surface area contributed by atoms with Gasteiger partial charge in [0, 0.05) is 19.6 Å². The van der Waals surface area contributed by atoms with E-state index in [0.29, 0.717) is 25.4 Å². The molecule has 6 heteroatoms. The molecule has 0 bridgehead atoms. The van der Waals surface area contributed by atoms with Crippen molar-refractivity contribution < 1.29 is 18.7 Å². The van der Waals surface area contributed by atoms with Gasteiger partial charge in [0.2, 0.25) is 5.91 Å². The van der Waals surface area contributed by atoms with Crippen molar-refractivity contribution >= 4 is 12.0 Å². The topological polar surface area (TPSA) is 49.9 Å². The highest BCUT2D eigenvalue weighted by molar-refractivity contribution is 5.86. The maximum atomic E-state index is 13.3. The molecule has 0 aromatic heterocycles. The summed E-state index contributed by atoms with van der Waals surface area (Å²) in [6.07, 6.45) is 4.99. The molecule has 1 aromatic carbocycles. The average molecular weight is 405 g/mol. The minimum absolute atomic E-state index is 0.0411. The molecule has 2 heterocycles. The molecular weight excluding hydrogens is 371 g/mol. The molecule has 2 aliphatic rings. The van der Waals surface area contributed by atoms with Crippen LogP contribution in [0.15, 0.2) is 24.3 Å². The monoisotopic (exact) mass is 404 g/mol. The van der Waals surface area contributed by atoms with Crippen LogP contribution in [0.25, 0.3) is 0 Å². The molecule has 2 amide bonds. The first-order valence-electron chi connectivity index (χ1n) is 10.8. The fourth-order valence-corrected chi connectivity index (χ4v) is 4.32. The maximum Gasteiger partial charge on any atom is 0.410 e. The smallest absolute Gasteiger partial charge is 0.410 e. The molecule has 0 spiro atoms. The van der Waals surface area contributed by atoms with Gasteiger partial charge in [-0.15, -0.1) is 0 Å². The van der Waals surface area contributed by atoms with E-state index in [1.54, 1.807) is 4.90 Å². The van der Waals surface area contributed by atoms with Crippen LogP contribution in [0.4, 0.5) is 9.18 Å². The zero-order valence-electron chi connectivity index (χ0n) is 17.8. The van der Waals surface area contributed by atoms with Crippen molar-refractivity contribution in [3.8, 4) is 0 Å². The highest BCUT2D eigenvalue weighted by atomic mass is 19.1. The van der Waals surface area contributed by atoms with E-state index in [-0.39, 0.29) is 11.7 Å². The molecule has 3 rings (SSSR count). The molecule has 2 fully saturated rings. The molecule has 0 aliphatic carbocycles. The molecule has 2 saturated heterocycles. The van der Waals surface area contributed by atoms with E-state index < -0.39 is 17.7 Å². The summed E-state index contributed by atoms with van der Waals surface area (Å²) in [6.45, 7) is 7.52. The Morgan fingerprint density at radius 2 is 1.79 bits per heavy atom. The lowest BCUT2D eigenvalue weighted by Crippen LogP contribution is -2.55. The maximum absolute atomic E-state index is 13.3. The quantitative estimate of drug-likeness (QED) is 0.750. The van der Waals surface area contributed by atoms with Crippen molar-refractivity contribution in [2.24, 2.45) is 5.92 Å². The Kier molecular flexibility index (Phi) is 6.81. The van der Waals surface area contributed by atoms with Gasteiger partial charge < -0.3 is 9.64 Å². The van der Waals surface area contributed by atoms with E-state index in [2.05, 4.69) is 0 Å². The lowest BCUT2D eigenvalue weighted by atomic mass is 9.90. The summed E-state index contributed by atoms with van der Waals surface area (Å²) < 4.78 is 18.7. The normalized spacial score (nSPS) is 23.0. The van der Waals surface area contributed by atoms with E-state index in [1.807, 2.05) is 37.8 Å². The van der Waals surface area contributed by atoms with Gasteiger partial charge in [-0.05, 0) is 82.9 Å². The Bertz CT molecular complexity index is 714. The van der Waals surface area contributed by atoms with E-state index in [4.69, 9.17) is 4.74 Å². The predicted octanol–water partition coefficient (Wildman–Crippen LogP) is 4.40. The summed E-state index contributed by atoms with van der Waals surface area (Å²) >= 11 is 0. The van der Waals surface area contributed by atoms with Crippen LogP contribution < -0.4 is 0 Å². The van der Waals surface area contributed by atoms with Crippen LogP contribution in [-0.2, 0) is 16.0 Å². The number of carbonyl (C=O) groups excluding carboxylic acids is 2. The third-order valence-electron chi connectivity index (χ3n) is 5.68. The molecule has 2 atom stereocenters. The number of benzene rings is 1. The van der Waals surface area contributed by atoms with Gasteiger partial charge >= 0.3 is 6.09 Å². The molecule has 2 aliphatic heterocycles. The van der Waals surface area contributed by atoms with Gasteiger partial charge in [0.1, 0.15) is 17.5 Å². The summed E-state index contributed by atoms with van der Waals surface area (Å²) in [5.74, 6) is 0.171. The number of rotatable bonds is 3. The summed E-state index contributed by atoms with van der Waals surface area (Å²) in [5.41, 5.74) is 0.520. The highest BCUT2D eigenvalue weighted by Crippen LogP contribution is 2.26. The second kappa shape index (κ2) is 9.14. The Balaban J connectivity index is 1.64. The molecule has 0 saturated carbocycles. The zero-order chi connectivity index (χ0) is 21.0. The van der Waals surface area contributed by atoms with Crippen LogP contribution in [-0.4, -0.2) is 53.1 Å². The number of likely N-dealkylation sites (tertiary alicyclic amines) is 2. The summed E-state index contributed by atoms with van der Waals surface area (Å²) in [4.78, 5) is 29.5. The fourth-order valence-electron chi connectivity index (χ4n) is 4.32. The second-order valence-electron chi connectivity index (χ2n) is 9.31. The van der Waals surface area contributed by atoms with Gasteiger partial charge in [-0.2, -0.15) is 0 Å². The molecule has 1 unspecified atom stereocenters. The highest BCUT2D eigenvalue weighted by Gasteiger charge is 2.38. The molecule has 1 aromatic rings. The van der Waals surface area contributed by atoms with Gasteiger partial charge in [-0.1, -0.05) is 12.1 Å². The van der Waals surface area contributed by atoms with Crippen molar-refractivity contribution in [2.75, 3.05) is 19.6 Å². The van der Waals surface area contributed by atoms with Crippen molar-refractivity contribution in [1.82, 2.24) is 9.80 Å². The van der Waals surface area contributed by atoms with E-state index in [0.717, 1.165) is 44.2 Å². The zero-order valence-corrected chi connectivity index (χ0v) is 17.8. The van der Waals surface area contributed by atoms with Crippen LogP contribution in [0.5, 0.6) is 0 Å². The molecule has 29 heavy (non-hydrogen) atoms. The first-order chi connectivity index (χ1) is 13.7. The van der Waals surface area contributed by atoms with Crippen molar-refractivity contribution in [1.29, 1.82) is 0 Å². The second-order valence-corrected chi connectivity index (χ2v) is 9.31. The molecular formula is C23H33FN2O3. The summed E-state index contributed by atoms with van der Waals surface area (Å²) in [5, 5.41) is 0. The lowest BCUT2D eigenvalue weighted by Gasteiger charge is -2.40. The Morgan fingerprint density at radius 1 is 1.07 bits per heavy atom. The first-order valence-corrected chi connectivity index (χ1v) is 10.8. The lowest BCUT2D eigenvalue weighted by molar-refractivity contribution is -0.140. The third-order valence-corrected chi connectivity index (χ3v) is 5.68. The largest absolute Gasteiger partial charge is 0.444 e. The van der Waals surface area contributed by atoms with Crippen molar-refractivity contribution in [3.63, 3.8) is 0 Å². The number of hydrogen-bond donors (Lipinski definition) is 0. The average Bonchev–Trinajstić information content (AvgIpc) is 2.68. The third kappa shape index (κ3) is 5.94. The van der Waals surface area contributed by atoms with Gasteiger partial charge in [0.25, 0.3) is 0 Å². The van der Waals surface area contributed by atoms with Gasteiger partial charge in [-0.3, -0.25) is 9.69 Å². The number of hydrogen-bond acceptors (Lipinski definition) is 3. The van der Waals surface area contributed by atoms with Crippen LogP contribution in [0.2, 0.25) is 0 Å². The molecule has 0 N–H and O–H groups in total.